The number of amides is 3. The van der Waals surface area contributed by atoms with Gasteiger partial charge in [0.1, 0.15) is 11.3 Å². The van der Waals surface area contributed by atoms with Crippen molar-refractivity contribution in [3.05, 3.63) is 65.2 Å². The van der Waals surface area contributed by atoms with Gasteiger partial charge in [-0.3, -0.25) is 14.4 Å². The molecule has 2 aromatic carbocycles. The molecule has 2 N–H and O–H groups in total. The van der Waals surface area contributed by atoms with Gasteiger partial charge < -0.3 is 29.9 Å². The molecule has 56 heavy (non-hydrogen) atoms. The van der Waals surface area contributed by atoms with Gasteiger partial charge in [-0.15, -0.1) is 0 Å². The van der Waals surface area contributed by atoms with E-state index in [2.05, 4.69) is 46.4 Å². The Kier molecular flexibility index (Phi) is 9.37. The molecule has 2 aliphatic carbocycles. The molecule has 4 aromatic rings. The van der Waals surface area contributed by atoms with E-state index in [1.54, 1.807) is 26.2 Å². The van der Waals surface area contributed by atoms with Gasteiger partial charge in [-0.2, -0.15) is 0 Å². The first-order valence-electron chi connectivity index (χ1n) is 20.7. The van der Waals surface area contributed by atoms with Crippen LogP contribution in [0.3, 0.4) is 0 Å². The summed E-state index contributed by atoms with van der Waals surface area (Å²) in [6.07, 6.45) is 11.7. The third-order valence-electron chi connectivity index (χ3n) is 13.5. The summed E-state index contributed by atoms with van der Waals surface area (Å²) in [5.74, 6) is -0.0459. The third kappa shape index (κ3) is 6.24. The maximum Gasteiger partial charge on any atom is 0.251 e. The number of carbonyl (C=O) groups is 3. The number of halogens is 1. The predicted molar refractivity (Wildman–Crippen MR) is 216 cm³/mol. The van der Waals surface area contributed by atoms with Crippen LogP contribution in [0, 0.1) is 12.7 Å². The molecular weight excluding hydrogens is 708 g/mol. The van der Waals surface area contributed by atoms with Crippen LogP contribution in [0.2, 0.25) is 0 Å². The van der Waals surface area contributed by atoms with Crippen molar-refractivity contribution in [2.75, 3.05) is 36.4 Å². The number of aromatic nitrogens is 3. The normalized spacial score (nSPS) is 22.4. The Morgan fingerprint density at radius 1 is 0.946 bits per heavy atom. The van der Waals surface area contributed by atoms with Crippen molar-refractivity contribution in [1.29, 1.82) is 0 Å². The number of hydrogen-bond acceptors (Lipinski definition) is 7. The minimum Gasteiger partial charge on any atom is -0.349 e. The monoisotopic (exact) mass is 760 g/mol. The van der Waals surface area contributed by atoms with E-state index in [4.69, 9.17) is 9.97 Å². The van der Waals surface area contributed by atoms with Gasteiger partial charge in [-0.05, 0) is 127 Å². The molecule has 294 valence electrons. The number of likely N-dealkylation sites (tertiary alicyclic amines) is 2. The molecule has 2 aromatic heterocycles. The van der Waals surface area contributed by atoms with Crippen LogP contribution in [0.5, 0.6) is 0 Å². The number of benzene rings is 2. The zero-order chi connectivity index (χ0) is 38.9. The molecule has 1 spiro atoms. The fraction of sp³-hybridized carbons (Fsp3) is 0.523. The highest BCUT2D eigenvalue weighted by Crippen LogP contribution is 2.52. The summed E-state index contributed by atoms with van der Waals surface area (Å²) in [5.41, 5.74) is 5.37. The van der Waals surface area contributed by atoms with Gasteiger partial charge in [0.2, 0.25) is 11.8 Å². The molecule has 2 saturated carbocycles. The topological polar surface area (TPSA) is 116 Å². The lowest BCUT2D eigenvalue weighted by atomic mass is 9.73. The third-order valence-corrected chi connectivity index (χ3v) is 13.5. The molecule has 0 unspecified atom stereocenters. The highest BCUT2D eigenvalue weighted by atomic mass is 19.1. The molecule has 5 heterocycles. The van der Waals surface area contributed by atoms with E-state index < -0.39 is 11.2 Å². The molecule has 11 nitrogen and oxygen atoms in total. The van der Waals surface area contributed by atoms with E-state index >= 15 is 4.39 Å². The first-order chi connectivity index (χ1) is 27.0. The van der Waals surface area contributed by atoms with Gasteiger partial charge in [0.15, 0.2) is 5.82 Å². The van der Waals surface area contributed by atoms with Crippen LogP contribution in [0.1, 0.15) is 113 Å². The van der Waals surface area contributed by atoms with Crippen LogP contribution in [0.4, 0.5) is 21.6 Å². The highest BCUT2D eigenvalue weighted by Gasteiger charge is 2.55. The molecule has 0 atom stereocenters. The lowest BCUT2D eigenvalue weighted by Crippen LogP contribution is -2.58. The van der Waals surface area contributed by atoms with E-state index in [9.17, 15) is 14.4 Å². The quantitative estimate of drug-likeness (QED) is 0.193. The van der Waals surface area contributed by atoms with Crippen molar-refractivity contribution in [3.8, 4) is 11.3 Å². The Morgan fingerprint density at radius 2 is 1.70 bits per heavy atom. The van der Waals surface area contributed by atoms with E-state index in [0.29, 0.717) is 60.1 Å². The number of pyridine rings is 1. The summed E-state index contributed by atoms with van der Waals surface area (Å²) in [5, 5.41) is 6.37. The SMILES string of the molecule is CC(=O)N1CCC2(CC1)C(=O)N([C@H]1C[C@@H](N3CCCCC3)C1)c1cc(-c3cc4ncn(C(C)C)c4c(Nc4cc(C(=O)NC5CCC5)c(C)cc4F)n3)ccc12. The Hall–Kier alpha value is -4.84. The van der Waals surface area contributed by atoms with E-state index in [0.717, 1.165) is 67.5 Å². The molecule has 5 aliphatic rings. The highest BCUT2D eigenvalue weighted by molar-refractivity contribution is 6.09. The number of aryl methyl sites for hydroxylation is 1. The maximum absolute atomic E-state index is 15.8. The molecule has 12 heteroatoms. The molecule has 0 bridgehead atoms. The second-order valence-electron chi connectivity index (χ2n) is 17.2. The lowest BCUT2D eigenvalue weighted by Gasteiger charge is -2.48. The smallest absolute Gasteiger partial charge is 0.251 e. The molecule has 9 rings (SSSR count). The first kappa shape index (κ1) is 36.8. The van der Waals surface area contributed by atoms with Crippen molar-refractivity contribution >= 4 is 45.9 Å². The average molecular weight is 761 g/mol. The maximum atomic E-state index is 15.8. The van der Waals surface area contributed by atoms with Gasteiger partial charge >= 0.3 is 0 Å². The van der Waals surface area contributed by atoms with Gasteiger partial charge in [-0.25, -0.2) is 14.4 Å². The number of anilines is 3. The van der Waals surface area contributed by atoms with Gasteiger partial charge in [0.05, 0.1) is 28.6 Å². The number of carbonyl (C=O) groups excluding carboxylic acids is 3. The second kappa shape index (κ2) is 14.3. The molecule has 3 amide bonds. The van der Waals surface area contributed by atoms with Crippen LogP contribution < -0.4 is 15.5 Å². The van der Waals surface area contributed by atoms with Gasteiger partial charge in [0, 0.05) is 61.0 Å². The minimum absolute atomic E-state index is 0.0468. The summed E-state index contributed by atoms with van der Waals surface area (Å²) in [6.45, 7) is 10.9. The predicted octanol–water partition coefficient (Wildman–Crippen LogP) is 7.40. The van der Waals surface area contributed by atoms with Crippen LogP contribution >= 0.6 is 0 Å². The summed E-state index contributed by atoms with van der Waals surface area (Å²) in [7, 11) is 0. The zero-order valence-electron chi connectivity index (χ0n) is 33.0. The molecule has 3 aliphatic heterocycles. The number of rotatable bonds is 8. The number of imidazole rings is 1. The van der Waals surface area contributed by atoms with Crippen LogP contribution in [0.25, 0.3) is 22.3 Å². The number of fused-ring (bicyclic) bond motifs is 3. The van der Waals surface area contributed by atoms with Crippen LogP contribution in [-0.2, 0) is 15.0 Å². The lowest BCUT2D eigenvalue weighted by molar-refractivity contribution is -0.134. The zero-order valence-corrected chi connectivity index (χ0v) is 33.0. The van der Waals surface area contributed by atoms with Crippen LogP contribution in [-0.4, -0.2) is 86.4 Å². The van der Waals surface area contributed by atoms with Crippen molar-refractivity contribution in [1.82, 2.24) is 29.7 Å². The summed E-state index contributed by atoms with van der Waals surface area (Å²) in [4.78, 5) is 56.9. The summed E-state index contributed by atoms with van der Waals surface area (Å²) in [6, 6.07) is 12.0. The number of nitrogens with one attached hydrogen (secondary N) is 2. The number of nitrogens with zero attached hydrogens (tertiary/aromatic N) is 6. The standard InChI is InChI=1S/C44H53FN8O3/c1-26(2)52-25-46-38-24-36(48-41(40(38)52)49-37-23-33(27(3)19-35(37)45)42(55)47-30-9-8-10-30)29-11-12-34-39(20-29)53(32-21-31(22-32)51-15-6-5-7-16-51)43(56)44(34)13-17-50(18-14-44)28(4)54/h11-12,19-20,23-26,30-32H,5-10,13-18,21-22H2,1-4H3,(H,47,55)(H,48,49)/t31-,32+. The fourth-order valence-corrected chi connectivity index (χ4v) is 9.79. The van der Waals surface area contributed by atoms with Crippen molar-refractivity contribution < 1.29 is 18.8 Å². The Labute approximate surface area is 328 Å². The first-order valence-corrected chi connectivity index (χ1v) is 20.7. The number of piperidine rings is 2. The van der Waals surface area contributed by atoms with E-state index in [1.165, 1.54) is 25.3 Å². The van der Waals surface area contributed by atoms with Crippen molar-refractivity contribution in [2.24, 2.45) is 0 Å². The number of hydrogen-bond donors (Lipinski definition) is 2. The van der Waals surface area contributed by atoms with E-state index in [-0.39, 0.29) is 41.5 Å². The largest absolute Gasteiger partial charge is 0.349 e. The van der Waals surface area contributed by atoms with E-state index in [1.807, 2.05) is 21.6 Å². The summed E-state index contributed by atoms with van der Waals surface area (Å²) < 4.78 is 17.8. The Morgan fingerprint density at radius 3 is 2.38 bits per heavy atom. The van der Waals surface area contributed by atoms with Gasteiger partial charge in [-0.1, -0.05) is 18.6 Å². The van der Waals surface area contributed by atoms with Gasteiger partial charge in [0.25, 0.3) is 5.91 Å². The molecule has 0 radical (unpaired) electrons. The average Bonchev–Trinajstić information content (AvgIpc) is 3.68. The van der Waals surface area contributed by atoms with Crippen molar-refractivity contribution in [2.45, 2.75) is 121 Å². The fourth-order valence-electron chi connectivity index (χ4n) is 9.79. The minimum atomic E-state index is -0.665. The molecule has 2 saturated heterocycles. The second-order valence-corrected chi connectivity index (χ2v) is 17.2. The Bertz CT molecular complexity index is 2210. The summed E-state index contributed by atoms with van der Waals surface area (Å²) >= 11 is 0. The van der Waals surface area contributed by atoms with Crippen LogP contribution in [0.15, 0.2) is 42.7 Å². The molecule has 4 fully saturated rings. The van der Waals surface area contributed by atoms with Crippen molar-refractivity contribution in [3.63, 3.8) is 0 Å². The molecular formula is C44H53FN8O3. The Balaban J connectivity index is 1.09.